The molecule has 0 aliphatic rings. The average molecular weight is 493 g/mol. The van der Waals surface area contributed by atoms with Crippen LogP contribution in [0.2, 0.25) is 0 Å². The van der Waals surface area contributed by atoms with Crippen LogP contribution in [-0.4, -0.2) is 51.6 Å². The van der Waals surface area contributed by atoms with E-state index >= 15 is 0 Å². The first-order valence-corrected chi connectivity index (χ1v) is 7.81. The number of nitrogens with one attached hydrogen (secondary N) is 2. The topological polar surface area (TPSA) is 54.9 Å². The molecule has 0 aromatic heterocycles. The van der Waals surface area contributed by atoms with Gasteiger partial charge in [-0.3, -0.25) is 4.99 Å². The highest BCUT2D eigenvalue weighted by Crippen LogP contribution is 2.14. The summed E-state index contributed by atoms with van der Waals surface area (Å²) in [5.41, 5.74) is 0. The molecular weight excluding hydrogens is 469 g/mol. The van der Waals surface area contributed by atoms with E-state index in [0.717, 1.165) is 0 Å². The van der Waals surface area contributed by atoms with Crippen LogP contribution in [0.15, 0.2) is 29.3 Å². The fraction of sp³-hybridized carbons (Fsp3) is 0.562. The van der Waals surface area contributed by atoms with Crippen LogP contribution in [-0.2, 0) is 4.74 Å². The second-order valence-corrected chi connectivity index (χ2v) is 5.29. The van der Waals surface area contributed by atoms with Gasteiger partial charge in [-0.2, -0.15) is 13.2 Å². The Morgan fingerprint density at radius 1 is 1.27 bits per heavy atom. The highest BCUT2D eigenvalue weighted by atomic mass is 127. The second kappa shape index (κ2) is 13.0. The maximum Gasteiger partial charge on any atom is 0.411 e. The second-order valence-electron chi connectivity index (χ2n) is 5.29. The first-order valence-electron chi connectivity index (χ1n) is 7.81. The smallest absolute Gasteiger partial charge is 0.411 e. The summed E-state index contributed by atoms with van der Waals surface area (Å²) in [6.45, 7) is 1.41. The largest absolute Gasteiger partial charge is 0.489 e. The Morgan fingerprint density at radius 3 is 2.62 bits per heavy atom. The highest BCUT2D eigenvalue weighted by Gasteiger charge is 2.27. The Morgan fingerprint density at radius 2 is 2.00 bits per heavy atom. The molecule has 10 heteroatoms. The highest BCUT2D eigenvalue weighted by molar-refractivity contribution is 14.0. The molecule has 150 valence electrons. The van der Waals surface area contributed by atoms with E-state index in [1.165, 1.54) is 12.1 Å². The van der Waals surface area contributed by atoms with Gasteiger partial charge in [-0.05, 0) is 25.5 Å². The molecule has 5 nitrogen and oxygen atoms in total. The molecule has 0 radical (unpaired) electrons. The van der Waals surface area contributed by atoms with Crippen molar-refractivity contribution < 1.29 is 27.0 Å². The third kappa shape index (κ3) is 12.1. The van der Waals surface area contributed by atoms with Crippen LogP contribution in [0.4, 0.5) is 17.6 Å². The maximum atomic E-state index is 13.1. The van der Waals surface area contributed by atoms with Gasteiger partial charge in [-0.1, -0.05) is 6.07 Å². The zero-order chi connectivity index (χ0) is 18.7. The van der Waals surface area contributed by atoms with Crippen LogP contribution in [0.5, 0.6) is 5.75 Å². The first-order chi connectivity index (χ1) is 11.8. The Hall–Kier alpha value is -1.30. The molecule has 0 amide bonds. The quantitative estimate of drug-likeness (QED) is 0.182. The molecule has 0 saturated heterocycles. The molecule has 2 N–H and O–H groups in total. The predicted molar refractivity (Wildman–Crippen MR) is 103 cm³/mol. The molecule has 0 aliphatic carbocycles. The molecule has 0 bridgehead atoms. The predicted octanol–water partition coefficient (Wildman–Crippen LogP) is 3.35. The SMILES string of the molecule is CN=C(NCCCOCC(F)(F)F)NCC(C)Oc1cccc(F)c1.I. The lowest BCUT2D eigenvalue weighted by molar-refractivity contribution is -0.173. The summed E-state index contributed by atoms with van der Waals surface area (Å²) in [5, 5.41) is 5.98. The van der Waals surface area contributed by atoms with E-state index < -0.39 is 12.8 Å². The van der Waals surface area contributed by atoms with Crippen molar-refractivity contribution in [1.82, 2.24) is 10.6 Å². The molecule has 0 aliphatic heterocycles. The number of hydrogen-bond donors (Lipinski definition) is 2. The molecule has 1 unspecified atom stereocenters. The van der Waals surface area contributed by atoms with E-state index in [-0.39, 0.29) is 42.5 Å². The zero-order valence-electron chi connectivity index (χ0n) is 14.6. The molecule has 1 aromatic rings. The number of aliphatic imine (C=N–C) groups is 1. The summed E-state index contributed by atoms with van der Waals surface area (Å²) in [6, 6.07) is 5.85. The lowest BCUT2D eigenvalue weighted by Crippen LogP contribution is -2.42. The normalized spacial score (nSPS) is 12.9. The first kappa shape index (κ1) is 24.7. The van der Waals surface area contributed by atoms with Gasteiger partial charge in [0.15, 0.2) is 5.96 Å². The minimum Gasteiger partial charge on any atom is -0.489 e. The molecular formula is C16H24F4IN3O2. The van der Waals surface area contributed by atoms with Gasteiger partial charge in [0.2, 0.25) is 0 Å². The number of rotatable bonds is 9. The maximum absolute atomic E-state index is 13.1. The zero-order valence-corrected chi connectivity index (χ0v) is 16.9. The molecule has 26 heavy (non-hydrogen) atoms. The minimum atomic E-state index is -4.30. The molecule has 0 spiro atoms. The van der Waals surface area contributed by atoms with Crippen molar-refractivity contribution in [3.05, 3.63) is 30.1 Å². The van der Waals surface area contributed by atoms with Crippen LogP contribution in [0.1, 0.15) is 13.3 Å². The van der Waals surface area contributed by atoms with Crippen molar-refractivity contribution in [2.75, 3.05) is 33.4 Å². The number of hydrogen-bond acceptors (Lipinski definition) is 3. The third-order valence-electron chi connectivity index (χ3n) is 2.94. The number of ether oxygens (including phenoxy) is 2. The Labute approximate surface area is 167 Å². The van der Waals surface area contributed by atoms with E-state index in [4.69, 9.17) is 4.74 Å². The van der Waals surface area contributed by atoms with E-state index in [1.54, 1.807) is 19.2 Å². The number of nitrogens with zero attached hydrogens (tertiary/aromatic N) is 1. The van der Waals surface area contributed by atoms with Gasteiger partial charge in [-0.15, -0.1) is 24.0 Å². The Balaban J connectivity index is 0.00000625. The van der Waals surface area contributed by atoms with E-state index in [1.807, 2.05) is 6.92 Å². The van der Waals surface area contributed by atoms with Crippen LogP contribution in [0.3, 0.4) is 0 Å². The van der Waals surface area contributed by atoms with Crippen molar-refractivity contribution in [3.8, 4) is 5.75 Å². The summed E-state index contributed by atoms with van der Waals surface area (Å²) in [7, 11) is 1.58. The molecule has 0 fully saturated rings. The van der Waals surface area contributed by atoms with E-state index in [0.29, 0.717) is 31.2 Å². The summed E-state index contributed by atoms with van der Waals surface area (Å²) >= 11 is 0. The number of halogens is 5. The van der Waals surface area contributed by atoms with Crippen LogP contribution >= 0.6 is 24.0 Å². The van der Waals surface area contributed by atoms with Crippen molar-refractivity contribution in [2.45, 2.75) is 25.6 Å². The number of alkyl halides is 3. The van der Waals surface area contributed by atoms with Crippen LogP contribution in [0, 0.1) is 5.82 Å². The summed E-state index contributed by atoms with van der Waals surface area (Å²) in [5.74, 6) is 0.549. The van der Waals surface area contributed by atoms with Crippen molar-refractivity contribution in [1.29, 1.82) is 0 Å². The summed E-state index contributed by atoms with van der Waals surface area (Å²) < 4.78 is 58.9. The molecule has 1 atom stereocenters. The van der Waals surface area contributed by atoms with Crippen molar-refractivity contribution in [3.63, 3.8) is 0 Å². The fourth-order valence-corrected chi connectivity index (χ4v) is 1.84. The summed E-state index contributed by atoms with van der Waals surface area (Å²) in [6.07, 6.45) is -4.13. The molecule has 0 heterocycles. The van der Waals surface area contributed by atoms with Crippen LogP contribution in [0.25, 0.3) is 0 Å². The van der Waals surface area contributed by atoms with Gasteiger partial charge in [-0.25, -0.2) is 4.39 Å². The lowest BCUT2D eigenvalue weighted by atomic mass is 10.3. The van der Waals surface area contributed by atoms with Gasteiger partial charge >= 0.3 is 6.18 Å². The standard InChI is InChI=1S/C16H23F4N3O2.HI/c1-12(25-14-6-3-5-13(17)9-14)10-23-15(21-2)22-7-4-8-24-11-16(18,19)20;/h3,5-6,9,12H,4,7-8,10-11H2,1-2H3,(H2,21,22,23);1H. The fourth-order valence-electron chi connectivity index (χ4n) is 1.84. The van der Waals surface area contributed by atoms with Gasteiger partial charge < -0.3 is 20.1 Å². The Kier molecular flexibility index (Phi) is 12.3. The van der Waals surface area contributed by atoms with Crippen LogP contribution < -0.4 is 15.4 Å². The van der Waals surface area contributed by atoms with Crippen molar-refractivity contribution >= 4 is 29.9 Å². The van der Waals surface area contributed by atoms with Gasteiger partial charge in [0.05, 0.1) is 6.54 Å². The van der Waals surface area contributed by atoms with Gasteiger partial charge in [0, 0.05) is 26.3 Å². The van der Waals surface area contributed by atoms with Gasteiger partial charge in [0.1, 0.15) is 24.3 Å². The van der Waals surface area contributed by atoms with Crippen molar-refractivity contribution in [2.24, 2.45) is 4.99 Å². The monoisotopic (exact) mass is 493 g/mol. The lowest BCUT2D eigenvalue weighted by Gasteiger charge is -2.17. The molecule has 1 aromatic carbocycles. The third-order valence-corrected chi connectivity index (χ3v) is 2.94. The molecule has 0 saturated carbocycles. The number of guanidine groups is 1. The minimum absolute atomic E-state index is 0. The van der Waals surface area contributed by atoms with E-state index in [9.17, 15) is 17.6 Å². The van der Waals surface area contributed by atoms with Gasteiger partial charge in [0.25, 0.3) is 0 Å². The summed E-state index contributed by atoms with van der Waals surface area (Å²) in [4.78, 5) is 4.00. The molecule has 1 rings (SSSR count). The number of benzene rings is 1. The average Bonchev–Trinajstić information content (AvgIpc) is 2.52. The van der Waals surface area contributed by atoms with E-state index in [2.05, 4.69) is 20.4 Å². The Bertz CT molecular complexity index is 544.